The summed E-state index contributed by atoms with van der Waals surface area (Å²) in [6.45, 7) is 13.1. The maximum absolute atomic E-state index is 11.9. The minimum Gasteiger partial charge on any atom is -0.465 e. The van der Waals surface area contributed by atoms with Gasteiger partial charge >= 0.3 is 5.97 Å². The molecule has 0 aliphatic carbocycles. The molecular formula is C38H49N5O4Si. The van der Waals surface area contributed by atoms with Crippen LogP contribution in [0.2, 0.25) is 25.7 Å². The van der Waals surface area contributed by atoms with Crippen LogP contribution >= 0.6 is 0 Å². The maximum Gasteiger partial charge on any atom is 0.337 e. The summed E-state index contributed by atoms with van der Waals surface area (Å²) in [5.41, 5.74) is 8.41. The van der Waals surface area contributed by atoms with Crippen LogP contribution in [0.3, 0.4) is 0 Å². The number of esters is 1. The van der Waals surface area contributed by atoms with Crippen LogP contribution in [0, 0.1) is 0 Å². The molecule has 1 aliphatic heterocycles. The number of fused-ring (bicyclic) bond motifs is 2. The molecule has 10 heteroatoms. The highest BCUT2D eigenvalue weighted by Gasteiger charge is 2.27. The van der Waals surface area contributed by atoms with Crippen molar-refractivity contribution in [2.24, 2.45) is 7.05 Å². The van der Waals surface area contributed by atoms with E-state index in [0.29, 0.717) is 24.8 Å². The molecule has 0 bridgehead atoms. The summed E-state index contributed by atoms with van der Waals surface area (Å²) in [7, 11) is 4.07. The zero-order chi connectivity index (χ0) is 34.0. The fraction of sp³-hybridized carbons (Fsp3) is 0.447. The number of likely N-dealkylation sites (tertiary alicyclic amines) is 1. The molecule has 3 aromatic heterocycles. The van der Waals surface area contributed by atoms with Gasteiger partial charge < -0.3 is 23.3 Å². The molecule has 48 heavy (non-hydrogen) atoms. The summed E-state index contributed by atoms with van der Waals surface area (Å²) < 4.78 is 21.0. The van der Waals surface area contributed by atoms with Crippen molar-refractivity contribution in [3.8, 4) is 11.1 Å². The summed E-state index contributed by atoms with van der Waals surface area (Å²) in [6.07, 6.45) is 4.08. The van der Waals surface area contributed by atoms with E-state index < -0.39 is 8.07 Å². The van der Waals surface area contributed by atoms with Crippen LogP contribution in [-0.4, -0.2) is 72.0 Å². The molecule has 9 nitrogen and oxygen atoms in total. The first-order valence-corrected chi connectivity index (χ1v) is 20.7. The highest BCUT2D eigenvalue weighted by Crippen LogP contribution is 2.37. The van der Waals surface area contributed by atoms with Crippen molar-refractivity contribution in [3.05, 3.63) is 83.4 Å². The van der Waals surface area contributed by atoms with Gasteiger partial charge in [0.05, 0.1) is 23.7 Å². The van der Waals surface area contributed by atoms with Gasteiger partial charge in [0.2, 0.25) is 0 Å². The third kappa shape index (κ3) is 7.12. The van der Waals surface area contributed by atoms with Gasteiger partial charge in [-0.1, -0.05) is 37.8 Å². The fourth-order valence-electron chi connectivity index (χ4n) is 6.97. The molecule has 6 rings (SSSR count). The summed E-state index contributed by atoms with van der Waals surface area (Å²) in [4.78, 5) is 24.2. The van der Waals surface area contributed by atoms with E-state index in [2.05, 4.69) is 90.1 Å². The summed E-state index contributed by atoms with van der Waals surface area (Å²) in [6, 6.07) is 20.2. The maximum atomic E-state index is 11.9. The second-order valence-corrected chi connectivity index (χ2v) is 19.9. The Morgan fingerprint density at radius 3 is 2.46 bits per heavy atom. The van der Waals surface area contributed by atoms with Gasteiger partial charge in [0, 0.05) is 52.2 Å². The minimum atomic E-state index is -1.19. The van der Waals surface area contributed by atoms with E-state index in [1.165, 1.54) is 18.4 Å². The zero-order valence-corrected chi connectivity index (χ0v) is 30.5. The van der Waals surface area contributed by atoms with E-state index in [0.717, 1.165) is 77.6 Å². The largest absolute Gasteiger partial charge is 0.465 e. The number of carbonyl (C=O) groups is 1. The Balaban J connectivity index is 1.23. The van der Waals surface area contributed by atoms with Crippen molar-refractivity contribution in [3.63, 3.8) is 0 Å². The number of methoxy groups -OCH3 is 2. The van der Waals surface area contributed by atoms with E-state index in [9.17, 15) is 4.79 Å². The monoisotopic (exact) mass is 667 g/mol. The SMILES string of the molecule is COCc1nc2ccc(-c3ccnc4c3cc([C@H](C)N3CCC(c5ccc(C(=O)OC)cc5)CC3)n4C)cc2n1COCC[Si](C)(C)C. The molecule has 1 fully saturated rings. The van der Waals surface area contributed by atoms with Crippen molar-refractivity contribution in [2.75, 3.05) is 33.9 Å². The second-order valence-electron chi connectivity index (χ2n) is 14.3. The van der Waals surface area contributed by atoms with Crippen molar-refractivity contribution < 1.29 is 19.0 Å². The van der Waals surface area contributed by atoms with Gasteiger partial charge in [0.25, 0.3) is 0 Å². The smallest absolute Gasteiger partial charge is 0.337 e. The topological polar surface area (TPSA) is 83.6 Å². The number of hydrogen-bond donors (Lipinski definition) is 0. The van der Waals surface area contributed by atoms with Gasteiger partial charge in [-0.2, -0.15) is 0 Å². The summed E-state index contributed by atoms with van der Waals surface area (Å²) >= 11 is 0. The molecule has 0 spiro atoms. The Morgan fingerprint density at radius 1 is 1.02 bits per heavy atom. The molecule has 1 saturated heterocycles. The van der Waals surface area contributed by atoms with E-state index in [1.54, 1.807) is 7.11 Å². The Morgan fingerprint density at radius 2 is 1.77 bits per heavy atom. The third-order valence-corrected chi connectivity index (χ3v) is 11.6. The minimum absolute atomic E-state index is 0.244. The molecule has 0 amide bonds. The van der Waals surface area contributed by atoms with Gasteiger partial charge in [0.1, 0.15) is 24.8 Å². The number of piperidine rings is 1. The van der Waals surface area contributed by atoms with E-state index in [1.807, 2.05) is 18.3 Å². The van der Waals surface area contributed by atoms with Crippen molar-refractivity contribution in [2.45, 2.75) is 70.7 Å². The number of hydrogen-bond acceptors (Lipinski definition) is 7. The van der Waals surface area contributed by atoms with Crippen LogP contribution in [0.5, 0.6) is 0 Å². The number of aromatic nitrogens is 4. The predicted octanol–water partition coefficient (Wildman–Crippen LogP) is 7.78. The number of aryl methyl sites for hydroxylation is 1. The van der Waals surface area contributed by atoms with Crippen LogP contribution in [-0.2, 0) is 34.6 Å². The predicted molar refractivity (Wildman–Crippen MR) is 194 cm³/mol. The summed E-state index contributed by atoms with van der Waals surface area (Å²) in [5.74, 6) is 1.06. The standard InChI is InChI=1S/C38H49N5O4Si/c1-26(42-18-15-28(16-19-42)27-8-10-29(11-9-27)38(44)46-4)34-23-32-31(14-17-39-37(32)41(34)2)30-12-13-33-35(22-30)43(36(40-33)24-45-3)25-47-20-21-48(5,6)7/h8-14,17,22-23,26,28H,15-16,18-21,24-25H2,1-7H3/t26-/m0/s1. The van der Waals surface area contributed by atoms with E-state index >= 15 is 0 Å². The average molecular weight is 668 g/mol. The molecule has 0 unspecified atom stereocenters. The first kappa shape index (κ1) is 34.0. The molecule has 5 aromatic rings. The van der Waals surface area contributed by atoms with Gasteiger partial charge in [-0.3, -0.25) is 4.90 Å². The van der Waals surface area contributed by atoms with Gasteiger partial charge in [-0.05, 0) is 97.9 Å². The number of nitrogens with zero attached hydrogens (tertiary/aromatic N) is 5. The number of rotatable bonds is 12. The van der Waals surface area contributed by atoms with Crippen LogP contribution in [0.1, 0.15) is 59.2 Å². The van der Waals surface area contributed by atoms with Crippen molar-refractivity contribution in [1.82, 2.24) is 24.0 Å². The lowest BCUT2D eigenvalue weighted by molar-refractivity contribution is 0.0600. The Bertz CT molecular complexity index is 1880. The number of pyridine rings is 1. The van der Waals surface area contributed by atoms with Gasteiger partial charge in [0.15, 0.2) is 0 Å². The van der Waals surface area contributed by atoms with E-state index in [-0.39, 0.29) is 12.0 Å². The van der Waals surface area contributed by atoms with Crippen LogP contribution < -0.4 is 0 Å². The molecule has 0 radical (unpaired) electrons. The molecular weight excluding hydrogens is 619 g/mol. The summed E-state index contributed by atoms with van der Waals surface area (Å²) in [5, 5.41) is 1.15. The molecule has 0 N–H and O–H groups in total. The molecule has 254 valence electrons. The molecule has 1 aliphatic rings. The Kier molecular flexibility index (Phi) is 10.2. The zero-order valence-electron chi connectivity index (χ0n) is 29.5. The highest BCUT2D eigenvalue weighted by atomic mass is 28.3. The average Bonchev–Trinajstić information content (AvgIpc) is 3.62. The lowest BCUT2D eigenvalue weighted by Gasteiger charge is -2.36. The first-order chi connectivity index (χ1) is 23.1. The molecule has 0 saturated carbocycles. The normalized spacial score (nSPS) is 15.4. The van der Waals surface area contributed by atoms with Crippen molar-refractivity contribution >= 4 is 36.1 Å². The Labute approximate surface area is 284 Å². The van der Waals surface area contributed by atoms with Crippen LogP contribution in [0.15, 0.2) is 60.8 Å². The third-order valence-electron chi connectivity index (χ3n) is 9.90. The van der Waals surface area contributed by atoms with Crippen molar-refractivity contribution in [1.29, 1.82) is 0 Å². The highest BCUT2D eigenvalue weighted by molar-refractivity contribution is 6.76. The molecule has 1 atom stereocenters. The van der Waals surface area contributed by atoms with Gasteiger partial charge in [-0.15, -0.1) is 0 Å². The number of benzene rings is 2. The first-order valence-electron chi connectivity index (χ1n) is 17.0. The quantitative estimate of drug-likeness (QED) is 0.0764. The van der Waals surface area contributed by atoms with Crippen LogP contribution in [0.25, 0.3) is 33.2 Å². The fourth-order valence-corrected chi connectivity index (χ4v) is 7.72. The Hall–Kier alpha value is -3.83. The number of ether oxygens (including phenoxy) is 3. The molecule has 2 aromatic carbocycles. The second kappa shape index (κ2) is 14.3. The molecule has 4 heterocycles. The van der Waals surface area contributed by atoms with Gasteiger partial charge in [-0.25, -0.2) is 14.8 Å². The number of carbonyl (C=O) groups excluding carboxylic acids is 1. The number of imidazole rings is 1. The lowest BCUT2D eigenvalue weighted by atomic mass is 9.88. The van der Waals surface area contributed by atoms with Crippen LogP contribution in [0.4, 0.5) is 0 Å². The lowest BCUT2D eigenvalue weighted by Crippen LogP contribution is -2.35. The van der Waals surface area contributed by atoms with E-state index in [4.69, 9.17) is 24.2 Å².